The van der Waals surface area contributed by atoms with E-state index in [2.05, 4.69) is 34.3 Å². The van der Waals surface area contributed by atoms with Gasteiger partial charge in [-0.25, -0.2) is 5.48 Å². The highest BCUT2D eigenvalue weighted by atomic mass is 16.5. The zero-order chi connectivity index (χ0) is 19.0. The van der Waals surface area contributed by atoms with Crippen molar-refractivity contribution in [3.05, 3.63) is 35.4 Å². The van der Waals surface area contributed by atoms with Gasteiger partial charge in [0, 0.05) is 30.6 Å². The maximum atomic E-state index is 12.3. The van der Waals surface area contributed by atoms with Crippen molar-refractivity contribution in [3.63, 3.8) is 0 Å². The van der Waals surface area contributed by atoms with Crippen molar-refractivity contribution in [2.45, 2.75) is 18.1 Å². The van der Waals surface area contributed by atoms with E-state index in [1.807, 2.05) is 0 Å². The predicted molar refractivity (Wildman–Crippen MR) is 91.8 cm³/mol. The quantitative estimate of drug-likeness (QED) is 0.213. The summed E-state index contributed by atoms with van der Waals surface area (Å²) in [6.07, 6.45) is 0.359. The summed E-state index contributed by atoms with van der Waals surface area (Å²) in [6.45, 7) is 0.230. The van der Waals surface area contributed by atoms with Crippen molar-refractivity contribution in [1.82, 2.24) is 16.1 Å². The molecule has 0 aliphatic carbocycles. The molecule has 1 heterocycles. The third-order valence-corrected chi connectivity index (χ3v) is 3.79. The van der Waals surface area contributed by atoms with Gasteiger partial charge >= 0.3 is 0 Å². The maximum Gasteiger partial charge on any atom is 0.269 e. The summed E-state index contributed by atoms with van der Waals surface area (Å²) in [5, 5.41) is 32.9. The van der Waals surface area contributed by atoms with Crippen LogP contribution in [0.4, 0.5) is 0 Å². The van der Waals surface area contributed by atoms with Crippen LogP contribution in [-0.4, -0.2) is 58.6 Å². The van der Waals surface area contributed by atoms with Crippen LogP contribution in [0.15, 0.2) is 24.3 Å². The van der Waals surface area contributed by atoms with Gasteiger partial charge in [0.1, 0.15) is 11.6 Å². The molecule has 1 saturated heterocycles. The van der Waals surface area contributed by atoms with Gasteiger partial charge in [0.25, 0.3) is 11.8 Å². The molecule has 0 unspecified atom stereocenters. The third kappa shape index (κ3) is 4.82. The largest absolute Gasteiger partial charge is 0.395 e. The Morgan fingerprint density at radius 3 is 2.46 bits per heavy atom. The Balaban J connectivity index is 2.05. The topological polar surface area (TPSA) is 131 Å². The fraction of sp³-hybridized carbons (Fsp3) is 0.333. The van der Waals surface area contributed by atoms with Crippen LogP contribution < -0.4 is 16.1 Å². The maximum absolute atomic E-state index is 12.3. The van der Waals surface area contributed by atoms with Gasteiger partial charge in [0.05, 0.1) is 6.61 Å². The molecule has 0 bridgehead atoms. The van der Waals surface area contributed by atoms with E-state index < -0.39 is 23.5 Å². The molecular weight excluding hydrogens is 338 g/mol. The first-order valence-electron chi connectivity index (χ1n) is 7.88. The van der Waals surface area contributed by atoms with Gasteiger partial charge in [0.15, 0.2) is 0 Å². The second kappa shape index (κ2) is 8.99. The highest BCUT2D eigenvalue weighted by molar-refractivity contribution is 5.98. The molecule has 136 valence electrons. The first kappa shape index (κ1) is 19.4. The monoisotopic (exact) mass is 357 g/mol. The molecule has 1 fully saturated rings. The number of aliphatic hydroxyl groups is 2. The first-order valence-corrected chi connectivity index (χ1v) is 7.88. The lowest BCUT2D eigenvalue weighted by Crippen LogP contribution is -2.73. The summed E-state index contributed by atoms with van der Waals surface area (Å²) in [5.41, 5.74) is 0.914. The Morgan fingerprint density at radius 1 is 1.23 bits per heavy atom. The van der Waals surface area contributed by atoms with E-state index in [0.29, 0.717) is 12.0 Å². The van der Waals surface area contributed by atoms with Gasteiger partial charge in [0.2, 0.25) is 0 Å². The van der Waals surface area contributed by atoms with Crippen LogP contribution in [0.5, 0.6) is 0 Å². The van der Waals surface area contributed by atoms with Crippen LogP contribution in [0, 0.1) is 23.7 Å². The summed E-state index contributed by atoms with van der Waals surface area (Å²) in [4.78, 5) is 24.1. The summed E-state index contributed by atoms with van der Waals surface area (Å²) in [6, 6.07) is 5.00. The van der Waals surface area contributed by atoms with E-state index >= 15 is 0 Å². The molecule has 0 radical (unpaired) electrons. The highest BCUT2D eigenvalue weighted by Gasteiger charge is 2.47. The lowest BCUT2D eigenvalue weighted by Gasteiger charge is -2.42. The number of hydrogen-bond donors (Lipinski definition) is 6. The van der Waals surface area contributed by atoms with Crippen LogP contribution >= 0.6 is 0 Å². The van der Waals surface area contributed by atoms with Crippen LogP contribution in [0.25, 0.3) is 0 Å². The van der Waals surface area contributed by atoms with Gasteiger partial charge in [-0.05, 0) is 36.1 Å². The van der Waals surface area contributed by atoms with Gasteiger partial charge in [-0.3, -0.25) is 14.8 Å². The Labute approximate surface area is 150 Å². The number of hydrogen-bond acceptors (Lipinski definition) is 6. The van der Waals surface area contributed by atoms with E-state index in [-0.39, 0.29) is 25.3 Å². The molecule has 1 aliphatic heterocycles. The smallest absolute Gasteiger partial charge is 0.269 e. The summed E-state index contributed by atoms with van der Waals surface area (Å²) >= 11 is 0. The Morgan fingerprint density at radius 2 is 1.92 bits per heavy atom. The molecule has 0 saturated carbocycles. The molecule has 8 heteroatoms. The number of β-amino-alcohol motifs (C(OH)–C–C–N with tert-alkyl or cyclic N) is 1. The minimum absolute atomic E-state index is 0.0149. The van der Waals surface area contributed by atoms with Crippen molar-refractivity contribution in [3.8, 4) is 23.7 Å². The zero-order valence-electron chi connectivity index (χ0n) is 13.9. The normalized spacial score (nSPS) is 15.2. The molecule has 8 nitrogen and oxygen atoms in total. The lowest BCUT2D eigenvalue weighted by atomic mass is 9.87. The van der Waals surface area contributed by atoms with Crippen molar-refractivity contribution in [2.24, 2.45) is 0 Å². The zero-order valence-corrected chi connectivity index (χ0v) is 13.9. The highest BCUT2D eigenvalue weighted by Crippen LogP contribution is 2.17. The van der Waals surface area contributed by atoms with Crippen molar-refractivity contribution >= 4 is 11.8 Å². The summed E-state index contributed by atoms with van der Waals surface area (Å²) in [5.74, 6) is 9.23. The van der Waals surface area contributed by atoms with E-state index in [4.69, 9.17) is 10.3 Å². The molecule has 2 rings (SSSR count). The van der Waals surface area contributed by atoms with Crippen molar-refractivity contribution in [1.29, 1.82) is 0 Å². The molecule has 0 spiro atoms. The third-order valence-electron chi connectivity index (χ3n) is 3.79. The molecule has 2 amide bonds. The molecule has 6 N–H and O–H groups in total. The van der Waals surface area contributed by atoms with Crippen LogP contribution in [0.2, 0.25) is 0 Å². The van der Waals surface area contributed by atoms with Crippen LogP contribution in [-0.2, 0) is 4.79 Å². The molecule has 1 atom stereocenters. The van der Waals surface area contributed by atoms with E-state index in [1.165, 1.54) is 17.6 Å². The number of nitrogens with one attached hydrogen (secondary N) is 3. The minimum atomic E-state index is -1.46. The molecule has 1 aromatic rings. The Bertz CT molecular complexity index is 779. The minimum Gasteiger partial charge on any atom is -0.395 e. The lowest BCUT2D eigenvalue weighted by molar-refractivity contribution is -0.141. The van der Waals surface area contributed by atoms with Crippen LogP contribution in [0.3, 0.4) is 0 Å². The van der Waals surface area contributed by atoms with Gasteiger partial charge < -0.3 is 20.8 Å². The number of carbonyl (C=O) groups excluding carboxylic acids is 2. The van der Waals surface area contributed by atoms with E-state index in [1.54, 1.807) is 12.1 Å². The number of aliphatic hydroxyl groups excluding tert-OH is 1. The number of rotatable bonds is 5. The fourth-order valence-corrected chi connectivity index (χ4v) is 2.28. The van der Waals surface area contributed by atoms with Crippen molar-refractivity contribution < 1.29 is 25.0 Å². The summed E-state index contributed by atoms with van der Waals surface area (Å²) < 4.78 is 0. The van der Waals surface area contributed by atoms with Gasteiger partial charge in [-0.1, -0.05) is 11.8 Å². The predicted octanol–water partition coefficient (Wildman–Crippen LogP) is -1.64. The van der Waals surface area contributed by atoms with Crippen LogP contribution in [0.1, 0.15) is 22.3 Å². The average Bonchev–Trinajstić information content (AvgIpc) is 2.63. The molecule has 0 aromatic heterocycles. The molecule has 1 aliphatic rings. The number of carbonyl (C=O) groups is 2. The number of benzene rings is 1. The second-order valence-corrected chi connectivity index (χ2v) is 5.69. The second-order valence-electron chi connectivity index (χ2n) is 5.69. The molecule has 26 heavy (non-hydrogen) atoms. The van der Waals surface area contributed by atoms with E-state index in [0.717, 1.165) is 0 Å². The standard InChI is InChI=1S/C18H19N3O5/c22-10-4-2-1-3-5-13-6-8-14(9-7-13)16(23)20-15(17(24)21-26)18(25)11-19-12-18/h6-9,15,19,22,25-26H,4,10-12H2,(H,20,23)(H,21,24)/t15-/m1/s1. The Hall–Kier alpha value is -2.88. The average molecular weight is 357 g/mol. The Kier molecular flexibility index (Phi) is 6.73. The van der Waals surface area contributed by atoms with Crippen molar-refractivity contribution in [2.75, 3.05) is 19.7 Å². The summed E-state index contributed by atoms with van der Waals surface area (Å²) in [7, 11) is 0. The molecule has 1 aromatic carbocycles. The number of hydroxylamine groups is 1. The van der Waals surface area contributed by atoms with Gasteiger partial charge in [-0.2, -0.15) is 0 Å². The number of amides is 2. The SMILES string of the molecule is O=C(N[C@H](C(=O)NO)C1(O)CNC1)c1ccc(C#CC#CCCO)cc1. The van der Waals surface area contributed by atoms with Gasteiger partial charge in [-0.15, -0.1) is 0 Å². The molecular formula is C18H19N3O5. The first-order chi connectivity index (χ1) is 12.5. The fourth-order valence-electron chi connectivity index (χ4n) is 2.28. The van der Waals surface area contributed by atoms with E-state index in [9.17, 15) is 14.7 Å².